The van der Waals surface area contributed by atoms with Gasteiger partial charge in [0.15, 0.2) is 5.78 Å². The molecule has 34 heavy (non-hydrogen) atoms. The minimum atomic E-state index is -0.411. The Labute approximate surface area is 200 Å². The summed E-state index contributed by atoms with van der Waals surface area (Å²) in [5, 5.41) is 8.02. The number of unbranched alkanes of at least 4 members (excludes halogenated alkanes) is 1. The average Bonchev–Trinajstić information content (AvgIpc) is 2.78. The van der Waals surface area contributed by atoms with Crippen LogP contribution < -0.4 is 21.2 Å². The van der Waals surface area contributed by atoms with Crippen LogP contribution in [0.5, 0.6) is 0 Å². The molecule has 3 unspecified atom stereocenters. The predicted octanol–water partition coefficient (Wildman–Crippen LogP) is 3.42. The summed E-state index contributed by atoms with van der Waals surface area (Å²) in [6.45, 7) is 9.56. The van der Waals surface area contributed by atoms with E-state index in [4.69, 9.17) is 0 Å². The third-order valence-corrected chi connectivity index (χ3v) is 6.83. The molecule has 0 radical (unpaired) electrons. The lowest BCUT2D eigenvalue weighted by Crippen LogP contribution is -2.45. The highest BCUT2D eigenvalue weighted by Gasteiger charge is 2.34. The number of benzene rings is 2. The zero-order valence-electron chi connectivity index (χ0n) is 20.6. The molecule has 6 nitrogen and oxygen atoms in total. The molecule has 2 aromatic rings. The fourth-order valence-electron chi connectivity index (χ4n) is 5.27. The first kappa shape index (κ1) is 23.9. The lowest BCUT2D eigenvalue weighted by molar-refractivity contribution is -0.120. The van der Waals surface area contributed by atoms with Crippen LogP contribution in [0.1, 0.15) is 80.4 Å². The van der Waals surface area contributed by atoms with E-state index in [9.17, 15) is 14.4 Å². The van der Waals surface area contributed by atoms with Crippen molar-refractivity contribution in [2.75, 3.05) is 5.32 Å². The summed E-state index contributed by atoms with van der Waals surface area (Å²) in [7, 11) is 0. The van der Waals surface area contributed by atoms with Crippen molar-refractivity contribution in [2.45, 2.75) is 72.4 Å². The number of anilines is 1. The normalized spacial score (nSPS) is 17.9. The first-order chi connectivity index (χ1) is 16.2. The van der Waals surface area contributed by atoms with Gasteiger partial charge < -0.3 is 10.6 Å². The highest BCUT2D eigenvalue weighted by atomic mass is 16.2. The van der Waals surface area contributed by atoms with Gasteiger partial charge in [-0.1, -0.05) is 44.0 Å². The Balaban J connectivity index is 1.81. The summed E-state index contributed by atoms with van der Waals surface area (Å²) in [4.78, 5) is 42.5. The molecule has 4 rings (SSSR count). The molecule has 1 aliphatic heterocycles. The van der Waals surface area contributed by atoms with Crippen molar-refractivity contribution in [3.63, 3.8) is 0 Å². The Morgan fingerprint density at radius 1 is 1.18 bits per heavy atom. The van der Waals surface area contributed by atoms with Crippen LogP contribution in [-0.2, 0) is 9.59 Å². The molecule has 178 valence electrons. The van der Waals surface area contributed by atoms with Gasteiger partial charge in [0.1, 0.15) is 0 Å². The molecule has 0 aromatic heterocycles. The Bertz CT molecular complexity index is 1290. The third kappa shape index (κ3) is 4.29. The number of aryl methyl sites for hydroxylation is 1. The number of nitrogens with zero attached hydrogens (tertiary/aromatic N) is 1. The molecule has 6 heteroatoms. The van der Waals surface area contributed by atoms with E-state index in [0.717, 1.165) is 53.3 Å². The van der Waals surface area contributed by atoms with E-state index >= 15 is 0 Å². The van der Waals surface area contributed by atoms with E-state index in [1.807, 2.05) is 44.2 Å². The van der Waals surface area contributed by atoms with Crippen molar-refractivity contribution in [3.8, 4) is 0 Å². The second kappa shape index (κ2) is 9.53. The van der Waals surface area contributed by atoms with Crippen LogP contribution in [-0.4, -0.2) is 29.7 Å². The Hall–Kier alpha value is -3.28. The minimum Gasteiger partial charge on any atom is -0.382 e. The molecule has 0 saturated heterocycles. The summed E-state index contributed by atoms with van der Waals surface area (Å²) < 4.78 is 0. The van der Waals surface area contributed by atoms with Gasteiger partial charge in [-0.05, 0) is 56.4 Å². The number of amides is 2. The van der Waals surface area contributed by atoms with E-state index in [0.29, 0.717) is 16.5 Å². The van der Waals surface area contributed by atoms with Crippen LogP contribution in [0.2, 0.25) is 0 Å². The summed E-state index contributed by atoms with van der Waals surface area (Å²) in [6, 6.07) is 9.55. The Morgan fingerprint density at radius 2 is 1.88 bits per heavy atom. The molecule has 2 amide bonds. The van der Waals surface area contributed by atoms with Crippen LogP contribution in [0.3, 0.4) is 0 Å². The second-order valence-corrected chi connectivity index (χ2v) is 9.62. The maximum atomic E-state index is 13.7. The van der Waals surface area contributed by atoms with E-state index in [1.54, 1.807) is 6.92 Å². The number of ketones is 1. The largest absolute Gasteiger partial charge is 0.382 e. The fraction of sp³-hybridized carbons (Fsp3) is 0.429. The fourth-order valence-corrected chi connectivity index (χ4v) is 5.27. The maximum absolute atomic E-state index is 13.7. The second-order valence-electron chi connectivity index (χ2n) is 9.62. The van der Waals surface area contributed by atoms with Gasteiger partial charge in [-0.2, -0.15) is 0 Å². The topological polar surface area (TPSA) is 87.6 Å². The Morgan fingerprint density at radius 3 is 2.56 bits per heavy atom. The molecule has 2 aromatic carbocycles. The van der Waals surface area contributed by atoms with Gasteiger partial charge in [0.25, 0.3) is 5.91 Å². The van der Waals surface area contributed by atoms with E-state index in [-0.39, 0.29) is 29.7 Å². The molecule has 2 N–H and O–H groups in total. The number of fused-ring (bicyclic) bond motifs is 2. The van der Waals surface area contributed by atoms with Crippen LogP contribution in [0.15, 0.2) is 35.3 Å². The molecule has 0 bridgehead atoms. The van der Waals surface area contributed by atoms with Crippen molar-refractivity contribution in [1.82, 2.24) is 5.32 Å². The smallest absolute Gasteiger partial charge is 0.253 e. The van der Waals surface area contributed by atoms with Gasteiger partial charge >= 0.3 is 0 Å². The summed E-state index contributed by atoms with van der Waals surface area (Å²) >= 11 is 0. The SMILES string of the molecule is CCCCC(CC(C)Nc1cc(C)c2c3c1C(=O)c1ccccc1C=3C(C)C(=O)N=2)NC(C)=O. The van der Waals surface area contributed by atoms with Crippen LogP contribution in [0.25, 0.3) is 5.57 Å². The summed E-state index contributed by atoms with van der Waals surface area (Å²) in [6.07, 6.45) is 3.78. The van der Waals surface area contributed by atoms with E-state index in [2.05, 4.69) is 29.5 Å². The number of hydrogen-bond acceptors (Lipinski definition) is 4. The molecule has 2 aliphatic rings. The van der Waals surface area contributed by atoms with Crippen LogP contribution in [0.4, 0.5) is 5.69 Å². The predicted molar refractivity (Wildman–Crippen MR) is 133 cm³/mol. The third-order valence-electron chi connectivity index (χ3n) is 6.83. The number of hydrogen-bond donors (Lipinski definition) is 2. The number of rotatable bonds is 8. The van der Waals surface area contributed by atoms with Crippen LogP contribution >= 0.6 is 0 Å². The summed E-state index contributed by atoms with van der Waals surface area (Å²) in [5.74, 6) is -0.666. The van der Waals surface area contributed by atoms with E-state index in [1.165, 1.54) is 0 Å². The van der Waals surface area contributed by atoms with Gasteiger partial charge in [-0.3, -0.25) is 14.4 Å². The van der Waals surface area contributed by atoms with Crippen molar-refractivity contribution in [1.29, 1.82) is 0 Å². The standard InChI is InChI=1S/C28H33N3O3/c1-6-7-10-19(30-18(5)32)14-16(3)29-22-13-15(2)26-25-23(17(4)28(34)31-26)20-11-8-9-12-21(20)27(33)24(22)25/h8-9,11-13,16-17,19,29H,6-7,10,14H2,1-5H3,(H,30,32). The number of carbonyl (C=O) groups is 3. The quantitative estimate of drug-likeness (QED) is 0.633. The molecule has 0 spiro atoms. The van der Waals surface area contributed by atoms with Gasteiger partial charge in [0.2, 0.25) is 5.91 Å². The van der Waals surface area contributed by atoms with Crippen LogP contribution in [0, 0.1) is 12.8 Å². The highest BCUT2D eigenvalue weighted by Crippen LogP contribution is 2.33. The molecule has 0 fully saturated rings. The van der Waals surface area contributed by atoms with Crippen molar-refractivity contribution in [2.24, 2.45) is 10.9 Å². The number of carbonyl (C=O) groups excluding carboxylic acids is 3. The van der Waals surface area contributed by atoms with Gasteiger partial charge in [0.05, 0.1) is 16.8 Å². The summed E-state index contributed by atoms with van der Waals surface area (Å²) in [5.41, 5.74) is 4.55. The molecular weight excluding hydrogens is 426 g/mol. The molecular formula is C28H33N3O3. The number of nitrogens with one attached hydrogen (secondary N) is 2. The van der Waals surface area contributed by atoms with Gasteiger partial charge in [-0.15, -0.1) is 0 Å². The zero-order valence-corrected chi connectivity index (χ0v) is 20.6. The monoisotopic (exact) mass is 459 g/mol. The molecule has 1 heterocycles. The zero-order chi connectivity index (χ0) is 24.6. The van der Waals surface area contributed by atoms with Crippen molar-refractivity contribution < 1.29 is 14.4 Å². The molecule has 0 saturated carbocycles. The lowest BCUT2D eigenvalue weighted by atomic mass is 9.78. The van der Waals surface area contributed by atoms with Crippen molar-refractivity contribution >= 4 is 28.9 Å². The van der Waals surface area contributed by atoms with E-state index < -0.39 is 5.92 Å². The van der Waals surface area contributed by atoms with Gasteiger partial charge in [0, 0.05) is 35.5 Å². The maximum Gasteiger partial charge on any atom is 0.253 e. The Kier molecular flexibility index (Phi) is 6.69. The van der Waals surface area contributed by atoms with Gasteiger partial charge in [-0.25, -0.2) is 4.99 Å². The minimum absolute atomic E-state index is 0.0235. The first-order valence-electron chi connectivity index (χ1n) is 12.2. The molecule has 1 aliphatic carbocycles. The lowest BCUT2D eigenvalue weighted by Gasteiger charge is -2.29. The first-order valence-corrected chi connectivity index (χ1v) is 12.2. The molecule has 3 atom stereocenters. The van der Waals surface area contributed by atoms with Crippen molar-refractivity contribution in [3.05, 3.63) is 63.2 Å². The highest BCUT2D eigenvalue weighted by molar-refractivity contribution is 6.18. The average molecular weight is 460 g/mol.